The van der Waals surface area contributed by atoms with Gasteiger partial charge in [0.05, 0.1) is 12.2 Å². The van der Waals surface area contributed by atoms with E-state index in [1.54, 1.807) is 0 Å². The Morgan fingerprint density at radius 1 is 0.767 bits per heavy atom. The van der Waals surface area contributed by atoms with Crippen LogP contribution in [0.3, 0.4) is 0 Å². The molecule has 0 radical (unpaired) electrons. The van der Waals surface area contributed by atoms with Gasteiger partial charge in [-0.05, 0) is 87.9 Å². The van der Waals surface area contributed by atoms with E-state index in [1.165, 1.54) is 5.56 Å². The number of carbonyl (C=O) groups is 1. The quantitative estimate of drug-likeness (QED) is 0.442. The molecule has 0 aliphatic heterocycles. The van der Waals surface area contributed by atoms with Crippen LogP contribution in [-0.4, -0.2) is 18.1 Å². The Kier molecular flexibility index (Phi) is 9.22. The average molecular weight is 412 g/mol. The van der Waals surface area contributed by atoms with E-state index < -0.39 is 0 Å². The Bertz CT molecular complexity index is 764. The van der Waals surface area contributed by atoms with Crippen LogP contribution in [0.2, 0.25) is 0 Å². The number of benzene rings is 2. The van der Waals surface area contributed by atoms with Crippen LogP contribution in [0.4, 0.5) is 5.69 Å². The molecule has 0 spiro atoms. The highest BCUT2D eigenvalue weighted by molar-refractivity contribution is 5.91. The van der Waals surface area contributed by atoms with E-state index in [4.69, 9.17) is 9.47 Å². The molecule has 30 heavy (non-hydrogen) atoms. The van der Waals surface area contributed by atoms with Gasteiger partial charge in [0.15, 0.2) is 0 Å². The molecular weight excluding hydrogens is 374 g/mol. The van der Waals surface area contributed by atoms with Crippen molar-refractivity contribution in [1.82, 2.24) is 0 Å². The molecule has 0 fully saturated rings. The van der Waals surface area contributed by atoms with Gasteiger partial charge in [0, 0.05) is 12.1 Å². The predicted octanol–water partition coefficient (Wildman–Crippen LogP) is 6.81. The zero-order valence-corrected chi connectivity index (χ0v) is 19.3. The van der Waals surface area contributed by atoms with Gasteiger partial charge >= 0.3 is 0 Å². The molecule has 1 atom stereocenters. The zero-order valence-electron chi connectivity index (χ0n) is 19.3. The van der Waals surface area contributed by atoms with Crippen molar-refractivity contribution in [2.75, 3.05) is 5.32 Å². The number of nitrogens with one attached hydrogen (secondary N) is 1. The molecule has 164 valence electrons. The van der Waals surface area contributed by atoms with Gasteiger partial charge in [-0.3, -0.25) is 4.79 Å². The van der Waals surface area contributed by atoms with Gasteiger partial charge in [0.25, 0.3) is 0 Å². The van der Waals surface area contributed by atoms with Crippen molar-refractivity contribution < 1.29 is 14.3 Å². The van der Waals surface area contributed by atoms with Gasteiger partial charge in [-0.15, -0.1) is 0 Å². The molecule has 4 nitrogen and oxygen atoms in total. The molecule has 0 aliphatic rings. The van der Waals surface area contributed by atoms with Crippen LogP contribution < -0.4 is 14.8 Å². The number of ether oxygens (including phenoxy) is 2. The van der Waals surface area contributed by atoms with Crippen molar-refractivity contribution >= 4 is 11.6 Å². The summed E-state index contributed by atoms with van der Waals surface area (Å²) < 4.78 is 11.4. The highest BCUT2D eigenvalue weighted by atomic mass is 16.5. The molecule has 2 aromatic rings. The summed E-state index contributed by atoms with van der Waals surface area (Å²) in [6.07, 6.45) is 2.81. The van der Waals surface area contributed by atoms with Crippen LogP contribution in [0, 0.1) is 5.92 Å². The van der Waals surface area contributed by atoms with Crippen molar-refractivity contribution in [1.29, 1.82) is 0 Å². The first kappa shape index (κ1) is 23.8. The number of amides is 1. The molecule has 2 aromatic carbocycles. The Morgan fingerprint density at radius 3 is 1.73 bits per heavy atom. The SMILES string of the molecule is CC(C)CCC(CC(=O)Nc1ccc(OC(C)C)cc1)c1ccc(OC(C)C)cc1. The summed E-state index contributed by atoms with van der Waals surface area (Å²) in [6.45, 7) is 12.5. The molecule has 2 rings (SSSR count). The standard InChI is InChI=1S/C26H37NO3/c1-18(2)7-8-22(21-9-13-24(14-10-21)29-19(3)4)17-26(28)27-23-11-15-25(16-12-23)30-20(5)6/h9-16,18-20,22H,7-8,17H2,1-6H3,(H,27,28). The number of carbonyl (C=O) groups excluding carboxylic acids is 1. The molecule has 0 bridgehead atoms. The third kappa shape index (κ3) is 8.48. The lowest BCUT2D eigenvalue weighted by Gasteiger charge is -2.19. The minimum absolute atomic E-state index is 0.0313. The summed E-state index contributed by atoms with van der Waals surface area (Å²) >= 11 is 0. The maximum absolute atomic E-state index is 12.7. The lowest BCUT2D eigenvalue weighted by atomic mass is 9.88. The van der Waals surface area contributed by atoms with Gasteiger partial charge in [-0.2, -0.15) is 0 Å². The number of anilines is 1. The van der Waals surface area contributed by atoms with E-state index in [0.717, 1.165) is 30.0 Å². The maximum atomic E-state index is 12.7. The van der Waals surface area contributed by atoms with E-state index in [-0.39, 0.29) is 24.0 Å². The predicted molar refractivity (Wildman–Crippen MR) is 124 cm³/mol. The summed E-state index contributed by atoms with van der Waals surface area (Å²) in [5.74, 6) is 2.49. The van der Waals surface area contributed by atoms with Gasteiger partial charge in [0.2, 0.25) is 5.91 Å². The fourth-order valence-corrected chi connectivity index (χ4v) is 3.34. The maximum Gasteiger partial charge on any atom is 0.224 e. The fraction of sp³-hybridized carbons (Fsp3) is 0.500. The molecular formula is C26H37NO3. The van der Waals surface area contributed by atoms with Crippen LogP contribution in [0.5, 0.6) is 11.5 Å². The second kappa shape index (κ2) is 11.6. The van der Waals surface area contributed by atoms with Gasteiger partial charge in [-0.25, -0.2) is 0 Å². The van der Waals surface area contributed by atoms with Gasteiger partial charge < -0.3 is 14.8 Å². The van der Waals surface area contributed by atoms with E-state index in [0.29, 0.717) is 12.3 Å². The highest BCUT2D eigenvalue weighted by Gasteiger charge is 2.17. The highest BCUT2D eigenvalue weighted by Crippen LogP contribution is 2.29. The molecule has 1 unspecified atom stereocenters. The normalized spacial score (nSPS) is 12.3. The average Bonchev–Trinajstić information content (AvgIpc) is 2.66. The Labute approximate surface area is 182 Å². The van der Waals surface area contributed by atoms with E-state index in [1.807, 2.05) is 64.1 Å². The summed E-state index contributed by atoms with van der Waals surface area (Å²) in [6, 6.07) is 15.7. The second-order valence-electron chi connectivity index (χ2n) is 8.85. The summed E-state index contributed by atoms with van der Waals surface area (Å²) in [7, 11) is 0. The minimum atomic E-state index is 0.0313. The molecule has 0 aliphatic carbocycles. The van der Waals surface area contributed by atoms with Crippen LogP contribution in [0.15, 0.2) is 48.5 Å². The Balaban J connectivity index is 2.03. The van der Waals surface area contributed by atoms with Crippen molar-refractivity contribution in [2.24, 2.45) is 5.92 Å². The molecule has 1 N–H and O–H groups in total. The van der Waals surface area contributed by atoms with Gasteiger partial charge in [0.1, 0.15) is 11.5 Å². The van der Waals surface area contributed by atoms with Crippen molar-refractivity contribution in [3.05, 3.63) is 54.1 Å². The fourth-order valence-electron chi connectivity index (χ4n) is 3.34. The first-order valence-corrected chi connectivity index (χ1v) is 11.1. The first-order chi connectivity index (χ1) is 14.2. The first-order valence-electron chi connectivity index (χ1n) is 11.1. The molecule has 0 aromatic heterocycles. The zero-order chi connectivity index (χ0) is 22.1. The number of hydrogen-bond acceptors (Lipinski definition) is 3. The third-order valence-electron chi connectivity index (χ3n) is 4.76. The number of rotatable bonds is 11. The largest absolute Gasteiger partial charge is 0.491 e. The minimum Gasteiger partial charge on any atom is -0.491 e. The Hall–Kier alpha value is -2.49. The Morgan fingerprint density at radius 2 is 1.27 bits per heavy atom. The van der Waals surface area contributed by atoms with E-state index in [2.05, 4.69) is 31.3 Å². The topological polar surface area (TPSA) is 47.6 Å². The third-order valence-corrected chi connectivity index (χ3v) is 4.76. The molecule has 0 heterocycles. The lowest BCUT2D eigenvalue weighted by Crippen LogP contribution is -2.16. The molecule has 4 heteroatoms. The van der Waals surface area contributed by atoms with Crippen LogP contribution in [-0.2, 0) is 4.79 Å². The van der Waals surface area contributed by atoms with Crippen LogP contribution >= 0.6 is 0 Å². The van der Waals surface area contributed by atoms with Crippen molar-refractivity contribution in [2.45, 2.75) is 78.9 Å². The summed E-state index contributed by atoms with van der Waals surface area (Å²) in [4.78, 5) is 12.7. The lowest BCUT2D eigenvalue weighted by molar-refractivity contribution is -0.116. The summed E-state index contributed by atoms with van der Waals surface area (Å²) in [5, 5.41) is 3.03. The molecule has 0 saturated heterocycles. The second-order valence-corrected chi connectivity index (χ2v) is 8.85. The van der Waals surface area contributed by atoms with Crippen molar-refractivity contribution in [3.8, 4) is 11.5 Å². The summed E-state index contributed by atoms with van der Waals surface area (Å²) in [5.41, 5.74) is 1.97. The van der Waals surface area contributed by atoms with E-state index in [9.17, 15) is 4.79 Å². The van der Waals surface area contributed by atoms with Crippen LogP contribution in [0.1, 0.15) is 72.3 Å². The molecule has 0 saturated carbocycles. The van der Waals surface area contributed by atoms with E-state index >= 15 is 0 Å². The van der Waals surface area contributed by atoms with Gasteiger partial charge in [-0.1, -0.05) is 32.4 Å². The molecule has 1 amide bonds. The number of hydrogen-bond donors (Lipinski definition) is 1. The van der Waals surface area contributed by atoms with Crippen molar-refractivity contribution in [3.63, 3.8) is 0 Å². The smallest absolute Gasteiger partial charge is 0.224 e. The van der Waals surface area contributed by atoms with Crippen LogP contribution in [0.25, 0.3) is 0 Å². The monoisotopic (exact) mass is 411 g/mol.